The van der Waals surface area contributed by atoms with Gasteiger partial charge in [0, 0.05) is 7.11 Å². The van der Waals surface area contributed by atoms with E-state index >= 15 is 0 Å². The lowest BCUT2D eigenvalue weighted by atomic mass is 9.70. The van der Waals surface area contributed by atoms with Crippen LogP contribution >= 0.6 is 0 Å². The molecule has 3 N–H and O–H groups in total. The zero-order chi connectivity index (χ0) is 15.8. The van der Waals surface area contributed by atoms with E-state index in [1.807, 2.05) is 13.8 Å². The predicted molar refractivity (Wildman–Crippen MR) is 84.3 cm³/mol. The third-order valence-corrected chi connectivity index (χ3v) is 4.80. The molecular formula is C16H27N3O2. The van der Waals surface area contributed by atoms with Gasteiger partial charge in [-0.2, -0.15) is 0 Å². The molecule has 1 saturated carbocycles. The lowest BCUT2D eigenvalue weighted by Crippen LogP contribution is -2.39. The molecular weight excluding hydrogens is 266 g/mol. The third kappa shape index (κ3) is 2.98. The van der Waals surface area contributed by atoms with Gasteiger partial charge in [0.05, 0.1) is 5.56 Å². The summed E-state index contributed by atoms with van der Waals surface area (Å²) in [6.07, 6.45) is 3.77. The van der Waals surface area contributed by atoms with E-state index in [1.165, 1.54) is 0 Å². The Morgan fingerprint density at radius 1 is 1.24 bits per heavy atom. The molecule has 1 aromatic rings. The Hall–Kier alpha value is -1.36. The number of ether oxygens (including phenoxy) is 1. The number of nitrogens with two attached hydrogens (primary N) is 1. The fraction of sp³-hybridized carbons (Fsp3) is 0.750. The number of hydrogen-bond donors (Lipinski definition) is 2. The maximum Gasteiger partial charge on any atom is 0.256 e. The Morgan fingerprint density at radius 2 is 1.81 bits per heavy atom. The number of nitrogens with one attached hydrogen (secondary N) is 1. The zero-order valence-electron chi connectivity index (χ0n) is 13.7. The Balaban J connectivity index is 2.43. The number of hydrogen-bond acceptors (Lipinski definition) is 4. The first-order valence-corrected chi connectivity index (χ1v) is 7.66. The highest BCUT2D eigenvalue weighted by Gasteiger charge is 2.42. The standard InChI is InChI=1S/C16H27N3O2/c1-10(2)11-12(17)18-14(19-13(11)20)16(21-5)8-6-15(3,4)7-9-16/h10H,6-9H2,1-5H3,(H3,17,18,19,20). The van der Waals surface area contributed by atoms with Crippen LogP contribution in [0.25, 0.3) is 0 Å². The van der Waals surface area contributed by atoms with Gasteiger partial charge in [-0.1, -0.05) is 27.7 Å². The van der Waals surface area contributed by atoms with Crippen LogP contribution in [0.3, 0.4) is 0 Å². The highest BCUT2D eigenvalue weighted by molar-refractivity contribution is 5.40. The smallest absolute Gasteiger partial charge is 0.256 e. The van der Waals surface area contributed by atoms with Crippen LogP contribution < -0.4 is 11.3 Å². The summed E-state index contributed by atoms with van der Waals surface area (Å²) in [6.45, 7) is 8.41. The zero-order valence-corrected chi connectivity index (χ0v) is 13.7. The number of rotatable bonds is 3. The first kappa shape index (κ1) is 16.0. The Kier molecular flexibility index (Phi) is 4.15. The first-order chi connectivity index (χ1) is 9.71. The minimum absolute atomic E-state index is 0.0547. The van der Waals surface area contributed by atoms with Gasteiger partial charge in [-0.3, -0.25) is 4.79 Å². The number of nitrogens with zero attached hydrogens (tertiary/aromatic N) is 1. The molecule has 0 atom stereocenters. The van der Waals surface area contributed by atoms with Crippen molar-refractivity contribution in [2.75, 3.05) is 12.8 Å². The van der Waals surface area contributed by atoms with E-state index in [9.17, 15) is 4.79 Å². The average Bonchev–Trinajstić information content (AvgIpc) is 2.38. The number of H-pyrrole nitrogens is 1. The SMILES string of the molecule is COC1(c2nc(N)c(C(C)C)c(=O)[nH]2)CCC(C)(C)CC1. The second kappa shape index (κ2) is 5.44. The molecule has 0 aromatic carbocycles. The van der Waals surface area contributed by atoms with Gasteiger partial charge in [0.2, 0.25) is 0 Å². The van der Waals surface area contributed by atoms with E-state index in [2.05, 4.69) is 23.8 Å². The molecule has 1 aliphatic carbocycles. The van der Waals surface area contributed by atoms with Crippen LogP contribution in [0, 0.1) is 5.41 Å². The fourth-order valence-electron chi connectivity index (χ4n) is 3.14. The molecule has 0 aliphatic heterocycles. The van der Waals surface area contributed by atoms with Crippen LogP contribution in [-0.2, 0) is 10.3 Å². The Labute approximate surface area is 126 Å². The molecule has 1 heterocycles. The van der Waals surface area contributed by atoms with E-state index < -0.39 is 5.60 Å². The van der Waals surface area contributed by atoms with Crippen molar-refractivity contribution in [2.45, 2.75) is 64.9 Å². The van der Waals surface area contributed by atoms with Crippen molar-refractivity contribution in [3.8, 4) is 0 Å². The van der Waals surface area contributed by atoms with Gasteiger partial charge < -0.3 is 15.5 Å². The molecule has 1 aliphatic rings. The third-order valence-electron chi connectivity index (χ3n) is 4.80. The summed E-state index contributed by atoms with van der Waals surface area (Å²) < 4.78 is 5.78. The second-order valence-electron chi connectivity index (χ2n) is 7.23. The largest absolute Gasteiger partial charge is 0.383 e. The maximum absolute atomic E-state index is 12.3. The lowest BCUT2D eigenvalue weighted by molar-refractivity contribution is -0.0730. The molecule has 5 heteroatoms. The van der Waals surface area contributed by atoms with Crippen LogP contribution in [0.15, 0.2) is 4.79 Å². The summed E-state index contributed by atoms with van der Waals surface area (Å²) in [7, 11) is 1.69. The first-order valence-electron chi connectivity index (χ1n) is 7.66. The van der Waals surface area contributed by atoms with Crippen molar-refractivity contribution in [3.63, 3.8) is 0 Å². The van der Waals surface area contributed by atoms with E-state index in [0.29, 0.717) is 22.6 Å². The van der Waals surface area contributed by atoms with E-state index in [4.69, 9.17) is 10.5 Å². The molecule has 0 unspecified atom stereocenters. The molecule has 1 aromatic heterocycles. The molecule has 2 rings (SSSR count). The number of aromatic nitrogens is 2. The minimum Gasteiger partial charge on any atom is -0.383 e. The maximum atomic E-state index is 12.3. The minimum atomic E-state index is -0.516. The number of nitrogen functional groups attached to an aromatic ring is 1. The molecule has 0 amide bonds. The van der Waals surface area contributed by atoms with Gasteiger partial charge in [0.1, 0.15) is 17.2 Å². The molecule has 1 fully saturated rings. The van der Waals surface area contributed by atoms with Gasteiger partial charge in [-0.15, -0.1) is 0 Å². The Morgan fingerprint density at radius 3 is 2.24 bits per heavy atom. The molecule has 0 radical (unpaired) electrons. The monoisotopic (exact) mass is 293 g/mol. The predicted octanol–water partition coefficient (Wildman–Crippen LogP) is 2.92. The fourth-order valence-corrected chi connectivity index (χ4v) is 3.14. The van der Waals surface area contributed by atoms with Crippen LogP contribution in [0.1, 0.15) is 70.7 Å². The van der Waals surface area contributed by atoms with Crippen LogP contribution in [0.4, 0.5) is 5.82 Å². The topological polar surface area (TPSA) is 81.0 Å². The highest BCUT2D eigenvalue weighted by atomic mass is 16.5. The average molecular weight is 293 g/mol. The normalized spacial score (nSPS) is 20.7. The van der Waals surface area contributed by atoms with E-state index in [-0.39, 0.29) is 11.5 Å². The van der Waals surface area contributed by atoms with Crippen molar-refractivity contribution in [3.05, 3.63) is 21.7 Å². The summed E-state index contributed by atoms with van der Waals surface area (Å²) in [5, 5.41) is 0. The van der Waals surface area contributed by atoms with Crippen LogP contribution in [0.2, 0.25) is 0 Å². The molecule has 0 spiro atoms. The van der Waals surface area contributed by atoms with Gasteiger partial charge in [-0.25, -0.2) is 4.98 Å². The molecule has 21 heavy (non-hydrogen) atoms. The number of methoxy groups -OCH3 is 1. The summed E-state index contributed by atoms with van der Waals surface area (Å²) in [5.41, 5.74) is 6.22. The van der Waals surface area contributed by atoms with E-state index in [1.54, 1.807) is 7.11 Å². The van der Waals surface area contributed by atoms with Crippen molar-refractivity contribution in [2.24, 2.45) is 5.41 Å². The molecule has 0 bridgehead atoms. The summed E-state index contributed by atoms with van der Waals surface area (Å²) in [4.78, 5) is 19.7. The molecule has 118 valence electrons. The summed E-state index contributed by atoms with van der Waals surface area (Å²) in [6, 6.07) is 0. The summed E-state index contributed by atoms with van der Waals surface area (Å²) >= 11 is 0. The lowest BCUT2D eigenvalue weighted by Gasteiger charge is -2.41. The van der Waals surface area contributed by atoms with Crippen LogP contribution in [-0.4, -0.2) is 17.1 Å². The van der Waals surface area contributed by atoms with E-state index in [0.717, 1.165) is 25.7 Å². The van der Waals surface area contributed by atoms with Gasteiger partial charge >= 0.3 is 0 Å². The van der Waals surface area contributed by atoms with Crippen LogP contribution in [0.5, 0.6) is 0 Å². The molecule has 0 saturated heterocycles. The number of aromatic amines is 1. The van der Waals surface area contributed by atoms with Crippen molar-refractivity contribution < 1.29 is 4.74 Å². The summed E-state index contributed by atoms with van der Waals surface area (Å²) in [5.74, 6) is 0.955. The quantitative estimate of drug-likeness (QED) is 0.898. The van der Waals surface area contributed by atoms with Gasteiger partial charge in [0.25, 0.3) is 5.56 Å². The van der Waals surface area contributed by atoms with Gasteiger partial charge in [-0.05, 0) is 37.0 Å². The van der Waals surface area contributed by atoms with Crippen molar-refractivity contribution in [1.29, 1.82) is 0 Å². The van der Waals surface area contributed by atoms with Crippen molar-refractivity contribution in [1.82, 2.24) is 9.97 Å². The second-order valence-corrected chi connectivity index (χ2v) is 7.23. The Bertz CT molecular complexity index is 565. The number of anilines is 1. The van der Waals surface area contributed by atoms with Gasteiger partial charge in [0.15, 0.2) is 0 Å². The highest BCUT2D eigenvalue weighted by Crippen LogP contribution is 2.46. The molecule has 5 nitrogen and oxygen atoms in total. The van der Waals surface area contributed by atoms with Crippen molar-refractivity contribution >= 4 is 5.82 Å².